The first-order valence-corrected chi connectivity index (χ1v) is 11.9. The van der Waals surface area contributed by atoms with Crippen molar-refractivity contribution in [3.05, 3.63) is 35.9 Å². The summed E-state index contributed by atoms with van der Waals surface area (Å²) < 4.78 is 41.0. The van der Waals surface area contributed by atoms with Crippen LogP contribution in [0.25, 0.3) is 0 Å². The van der Waals surface area contributed by atoms with Crippen LogP contribution in [0.2, 0.25) is 0 Å². The van der Waals surface area contributed by atoms with Gasteiger partial charge in [-0.1, -0.05) is 82.2 Å². The molecule has 5 nitrogen and oxygen atoms in total. The monoisotopic (exact) mass is 398 g/mol. The number of rotatable bonds is 14. The van der Waals surface area contributed by atoms with Crippen LogP contribution < -0.4 is 0 Å². The lowest BCUT2D eigenvalue weighted by Crippen LogP contribution is -2.29. The molecule has 1 aromatic carbocycles. The predicted octanol–water partition coefficient (Wildman–Crippen LogP) is 4.76. The molecule has 0 aliphatic carbocycles. The molecule has 1 fully saturated rings. The zero-order valence-electron chi connectivity index (χ0n) is 16.5. The normalized spacial score (nSPS) is 16.6. The third-order valence-electron chi connectivity index (χ3n) is 4.91. The van der Waals surface area contributed by atoms with Crippen LogP contribution in [0.15, 0.2) is 30.3 Å². The van der Waals surface area contributed by atoms with Crippen LogP contribution in [0, 0.1) is 0 Å². The van der Waals surface area contributed by atoms with Crippen LogP contribution in [0.4, 0.5) is 0 Å². The molecule has 154 valence electrons. The first kappa shape index (κ1) is 22.3. The minimum absolute atomic E-state index is 0.0637. The smallest absolute Gasteiger partial charge is 0.267 e. The maximum atomic E-state index is 12.1. The average molecular weight is 399 g/mol. The van der Waals surface area contributed by atoms with Gasteiger partial charge >= 0.3 is 0 Å². The van der Waals surface area contributed by atoms with Crippen molar-refractivity contribution in [3.8, 4) is 0 Å². The van der Waals surface area contributed by atoms with Crippen molar-refractivity contribution >= 4 is 10.1 Å². The van der Waals surface area contributed by atoms with Crippen molar-refractivity contribution in [1.82, 2.24) is 0 Å². The topological polar surface area (TPSA) is 61.8 Å². The Kier molecular flexibility index (Phi) is 9.76. The lowest BCUT2D eigenvalue weighted by molar-refractivity contribution is -0.174. The van der Waals surface area contributed by atoms with Crippen molar-refractivity contribution in [2.75, 3.05) is 25.6 Å². The molecule has 0 N–H and O–H groups in total. The van der Waals surface area contributed by atoms with Gasteiger partial charge in [-0.05, 0) is 6.42 Å². The van der Waals surface area contributed by atoms with Gasteiger partial charge in [-0.2, -0.15) is 8.42 Å². The van der Waals surface area contributed by atoms with Gasteiger partial charge in [-0.25, -0.2) is 0 Å². The molecule has 2 rings (SSSR count). The highest BCUT2D eigenvalue weighted by Crippen LogP contribution is 2.34. The Morgan fingerprint density at radius 2 is 1.52 bits per heavy atom. The van der Waals surface area contributed by atoms with Gasteiger partial charge < -0.3 is 9.47 Å². The van der Waals surface area contributed by atoms with E-state index in [-0.39, 0.29) is 12.4 Å². The molecule has 0 bridgehead atoms. The second-order valence-electron chi connectivity index (χ2n) is 7.12. The van der Waals surface area contributed by atoms with E-state index in [1.54, 1.807) is 0 Å². The Balaban J connectivity index is 1.67. The molecule has 1 saturated heterocycles. The standard InChI is InChI=1S/C21H34O5S/c1-2-3-4-5-6-7-8-12-19-27(22,23)26-16-15-21(24-17-18-25-21)20-13-10-9-11-14-20/h9-11,13-14H,2-8,12,15-19H2,1H3. The Bertz CT molecular complexity index is 609. The lowest BCUT2D eigenvalue weighted by Gasteiger charge is -2.27. The molecule has 0 atom stereocenters. The zero-order chi connectivity index (χ0) is 19.4. The van der Waals surface area contributed by atoms with E-state index < -0.39 is 15.9 Å². The van der Waals surface area contributed by atoms with E-state index in [9.17, 15) is 8.42 Å². The summed E-state index contributed by atoms with van der Waals surface area (Å²) in [7, 11) is -3.49. The van der Waals surface area contributed by atoms with Crippen molar-refractivity contribution in [2.24, 2.45) is 0 Å². The molecule has 1 aromatic rings. The summed E-state index contributed by atoms with van der Waals surface area (Å²) in [6.45, 7) is 3.27. The number of hydrogen-bond acceptors (Lipinski definition) is 5. The quantitative estimate of drug-likeness (QED) is 0.334. The van der Waals surface area contributed by atoms with Crippen LogP contribution in [0.5, 0.6) is 0 Å². The van der Waals surface area contributed by atoms with Gasteiger partial charge in [-0.3, -0.25) is 4.18 Å². The van der Waals surface area contributed by atoms with E-state index in [4.69, 9.17) is 13.7 Å². The molecule has 0 unspecified atom stereocenters. The van der Waals surface area contributed by atoms with E-state index in [2.05, 4.69) is 6.92 Å². The molecule has 0 amide bonds. The minimum Gasteiger partial charge on any atom is -0.343 e. The van der Waals surface area contributed by atoms with Crippen LogP contribution in [0.1, 0.15) is 70.3 Å². The minimum atomic E-state index is -3.49. The largest absolute Gasteiger partial charge is 0.343 e. The zero-order valence-corrected chi connectivity index (χ0v) is 17.3. The molecular formula is C21H34O5S. The van der Waals surface area contributed by atoms with Crippen LogP contribution in [0.3, 0.4) is 0 Å². The highest BCUT2D eigenvalue weighted by Gasteiger charge is 2.38. The summed E-state index contributed by atoms with van der Waals surface area (Å²) in [4.78, 5) is 0. The number of ether oxygens (including phenoxy) is 2. The summed E-state index contributed by atoms with van der Waals surface area (Å²) in [5.74, 6) is -0.808. The van der Waals surface area contributed by atoms with Crippen molar-refractivity contribution < 1.29 is 22.1 Å². The van der Waals surface area contributed by atoms with Gasteiger partial charge in [-0.15, -0.1) is 0 Å². The Hall–Kier alpha value is -0.950. The Labute approximate surface area is 164 Å². The van der Waals surface area contributed by atoms with E-state index in [1.807, 2.05) is 30.3 Å². The maximum Gasteiger partial charge on any atom is 0.267 e. The fraction of sp³-hybridized carbons (Fsp3) is 0.714. The number of hydrogen-bond donors (Lipinski definition) is 0. The SMILES string of the molecule is CCCCCCCCCCS(=O)(=O)OCCC1(c2ccccc2)OCCO1. The molecule has 0 radical (unpaired) electrons. The fourth-order valence-corrected chi connectivity index (χ4v) is 4.39. The van der Waals surface area contributed by atoms with E-state index >= 15 is 0 Å². The predicted molar refractivity (Wildman–Crippen MR) is 107 cm³/mol. The molecule has 1 aliphatic heterocycles. The van der Waals surface area contributed by atoms with Gasteiger partial charge in [0.15, 0.2) is 5.79 Å². The first-order valence-electron chi connectivity index (χ1n) is 10.3. The van der Waals surface area contributed by atoms with E-state index in [0.717, 1.165) is 18.4 Å². The molecule has 0 spiro atoms. The summed E-state index contributed by atoms with van der Waals surface area (Å²) in [5, 5.41) is 0. The van der Waals surface area contributed by atoms with Gasteiger partial charge in [0.05, 0.1) is 25.6 Å². The van der Waals surface area contributed by atoms with Crippen LogP contribution >= 0.6 is 0 Å². The third kappa shape index (κ3) is 7.90. The van der Waals surface area contributed by atoms with Gasteiger partial charge in [0.2, 0.25) is 0 Å². The molecule has 0 saturated carbocycles. The summed E-state index contributed by atoms with van der Waals surface area (Å²) in [6, 6.07) is 9.63. The van der Waals surface area contributed by atoms with Crippen LogP contribution in [-0.2, 0) is 29.6 Å². The second-order valence-corrected chi connectivity index (χ2v) is 8.88. The van der Waals surface area contributed by atoms with E-state index in [0.29, 0.717) is 26.1 Å². The molecule has 27 heavy (non-hydrogen) atoms. The Morgan fingerprint density at radius 3 is 2.15 bits per heavy atom. The van der Waals surface area contributed by atoms with Crippen molar-refractivity contribution in [1.29, 1.82) is 0 Å². The number of unbranched alkanes of at least 4 members (excludes halogenated alkanes) is 7. The second kappa shape index (κ2) is 11.8. The molecule has 0 aromatic heterocycles. The Morgan fingerprint density at radius 1 is 0.926 bits per heavy atom. The average Bonchev–Trinajstić information content (AvgIpc) is 3.14. The lowest BCUT2D eigenvalue weighted by atomic mass is 10.0. The van der Waals surface area contributed by atoms with Crippen molar-refractivity contribution in [3.63, 3.8) is 0 Å². The van der Waals surface area contributed by atoms with Gasteiger partial charge in [0, 0.05) is 12.0 Å². The molecular weight excluding hydrogens is 364 g/mol. The van der Waals surface area contributed by atoms with Gasteiger partial charge in [0.1, 0.15) is 0 Å². The fourth-order valence-electron chi connectivity index (χ4n) is 3.38. The molecule has 1 aliphatic rings. The summed E-state index contributed by atoms with van der Waals surface area (Å²) in [5.41, 5.74) is 0.895. The molecule has 6 heteroatoms. The highest BCUT2D eigenvalue weighted by atomic mass is 32.2. The third-order valence-corrected chi connectivity index (χ3v) is 6.22. The number of benzene rings is 1. The van der Waals surface area contributed by atoms with Crippen molar-refractivity contribution in [2.45, 2.75) is 70.5 Å². The van der Waals surface area contributed by atoms with E-state index in [1.165, 1.54) is 32.1 Å². The summed E-state index contributed by atoms with van der Waals surface area (Å²) in [6.07, 6.45) is 9.31. The highest BCUT2D eigenvalue weighted by molar-refractivity contribution is 7.86. The van der Waals surface area contributed by atoms with Crippen LogP contribution in [-0.4, -0.2) is 34.0 Å². The first-order chi connectivity index (χ1) is 13.1. The molecule has 1 heterocycles. The summed E-state index contributed by atoms with van der Waals surface area (Å²) >= 11 is 0. The van der Waals surface area contributed by atoms with Gasteiger partial charge in [0.25, 0.3) is 10.1 Å². The maximum absolute atomic E-state index is 12.1.